The van der Waals surface area contributed by atoms with E-state index in [-0.39, 0.29) is 0 Å². The van der Waals surface area contributed by atoms with Gasteiger partial charge in [0.2, 0.25) is 0 Å². The Balaban J connectivity index is 2.38. The number of anilines is 2. The van der Waals surface area contributed by atoms with Crippen LogP contribution in [0.15, 0.2) is 42.5 Å². The van der Waals surface area contributed by atoms with Gasteiger partial charge in [-0.05, 0) is 42.2 Å². The molecule has 2 aromatic rings. The smallest absolute Gasteiger partial charge is 0.0354 e. The normalized spacial score (nSPS) is 10.3. The van der Waals surface area contributed by atoms with Gasteiger partial charge in [-0.2, -0.15) is 0 Å². The number of nitrogen functional groups attached to an aromatic ring is 2. The van der Waals surface area contributed by atoms with Gasteiger partial charge >= 0.3 is 0 Å². The zero-order valence-electron chi connectivity index (χ0n) is 9.40. The third kappa shape index (κ3) is 2.01. The van der Waals surface area contributed by atoms with Crippen molar-refractivity contribution in [2.75, 3.05) is 11.5 Å². The van der Waals surface area contributed by atoms with Crippen LogP contribution in [0, 0.1) is 6.92 Å². The summed E-state index contributed by atoms with van der Waals surface area (Å²) in [6.45, 7) is 2.02. The van der Waals surface area contributed by atoms with Gasteiger partial charge in [-0.25, -0.2) is 0 Å². The van der Waals surface area contributed by atoms with Crippen LogP contribution in [0.2, 0.25) is 0 Å². The van der Waals surface area contributed by atoms with E-state index in [1.54, 1.807) is 0 Å². The second kappa shape index (κ2) is 4.27. The zero-order chi connectivity index (χ0) is 11.5. The second-order valence-corrected chi connectivity index (χ2v) is 4.01. The molecule has 0 aliphatic rings. The Morgan fingerprint density at radius 3 is 2.19 bits per heavy atom. The van der Waals surface area contributed by atoms with Crippen molar-refractivity contribution in [2.24, 2.45) is 0 Å². The van der Waals surface area contributed by atoms with Gasteiger partial charge in [0.05, 0.1) is 0 Å². The van der Waals surface area contributed by atoms with Crippen LogP contribution >= 0.6 is 0 Å². The van der Waals surface area contributed by atoms with Gasteiger partial charge in [-0.1, -0.05) is 30.3 Å². The molecule has 0 aromatic heterocycles. The summed E-state index contributed by atoms with van der Waals surface area (Å²) in [5, 5.41) is 0. The standard InChI is InChI=1S/C14H16N2/c1-10-12(14(16)8-7-13(10)15)9-11-5-3-2-4-6-11/h2-8H,9,15-16H2,1H3. The molecule has 0 aliphatic carbocycles. The van der Waals surface area contributed by atoms with Crippen LogP contribution in [0.25, 0.3) is 0 Å². The lowest BCUT2D eigenvalue weighted by Gasteiger charge is -2.11. The van der Waals surface area contributed by atoms with Crippen molar-refractivity contribution in [3.8, 4) is 0 Å². The molecular formula is C14H16N2. The van der Waals surface area contributed by atoms with Crippen molar-refractivity contribution in [3.63, 3.8) is 0 Å². The first-order valence-electron chi connectivity index (χ1n) is 5.36. The highest BCUT2D eigenvalue weighted by atomic mass is 14.6. The maximum Gasteiger partial charge on any atom is 0.0354 e. The number of rotatable bonds is 2. The fourth-order valence-corrected chi connectivity index (χ4v) is 1.83. The van der Waals surface area contributed by atoms with E-state index in [2.05, 4.69) is 12.1 Å². The van der Waals surface area contributed by atoms with Crippen molar-refractivity contribution in [3.05, 3.63) is 59.2 Å². The molecule has 0 spiro atoms. The van der Waals surface area contributed by atoms with Gasteiger partial charge in [0.25, 0.3) is 0 Å². The van der Waals surface area contributed by atoms with Crippen molar-refractivity contribution < 1.29 is 0 Å². The molecule has 0 bridgehead atoms. The predicted octanol–water partition coefficient (Wildman–Crippen LogP) is 2.75. The maximum absolute atomic E-state index is 5.98. The third-order valence-corrected chi connectivity index (χ3v) is 2.90. The average molecular weight is 212 g/mol. The number of nitrogens with two attached hydrogens (primary N) is 2. The summed E-state index contributed by atoms with van der Waals surface area (Å²) < 4.78 is 0. The molecule has 16 heavy (non-hydrogen) atoms. The summed E-state index contributed by atoms with van der Waals surface area (Å²) in [4.78, 5) is 0. The molecule has 0 atom stereocenters. The molecule has 0 fully saturated rings. The molecule has 4 N–H and O–H groups in total. The third-order valence-electron chi connectivity index (χ3n) is 2.90. The highest BCUT2D eigenvalue weighted by Gasteiger charge is 2.06. The molecule has 0 radical (unpaired) electrons. The minimum Gasteiger partial charge on any atom is -0.399 e. The fourth-order valence-electron chi connectivity index (χ4n) is 1.83. The van der Waals surface area contributed by atoms with Gasteiger partial charge < -0.3 is 11.5 Å². The van der Waals surface area contributed by atoms with Gasteiger partial charge in [0, 0.05) is 11.4 Å². The molecule has 2 heteroatoms. The summed E-state index contributed by atoms with van der Waals surface area (Å²) in [6, 6.07) is 14.0. The van der Waals surface area contributed by atoms with Crippen LogP contribution in [0.5, 0.6) is 0 Å². The Bertz CT molecular complexity index is 490. The average Bonchev–Trinajstić information content (AvgIpc) is 2.31. The first-order chi connectivity index (χ1) is 7.68. The van der Waals surface area contributed by atoms with Crippen molar-refractivity contribution in [1.82, 2.24) is 0 Å². The second-order valence-electron chi connectivity index (χ2n) is 4.01. The van der Waals surface area contributed by atoms with E-state index in [4.69, 9.17) is 11.5 Å². The van der Waals surface area contributed by atoms with E-state index in [1.807, 2.05) is 37.3 Å². The summed E-state index contributed by atoms with van der Waals surface area (Å²) in [5.41, 5.74) is 17.0. The van der Waals surface area contributed by atoms with Crippen LogP contribution < -0.4 is 11.5 Å². The Labute approximate surface area is 95.9 Å². The molecule has 0 heterocycles. The highest BCUT2D eigenvalue weighted by molar-refractivity contribution is 5.62. The molecular weight excluding hydrogens is 196 g/mol. The van der Waals surface area contributed by atoms with Crippen molar-refractivity contribution in [2.45, 2.75) is 13.3 Å². The molecule has 0 saturated heterocycles. The molecule has 0 unspecified atom stereocenters. The van der Waals surface area contributed by atoms with Gasteiger partial charge in [0.1, 0.15) is 0 Å². The van der Waals surface area contributed by atoms with E-state index in [0.29, 0.717) is 0 Å². The largest absolute Gasteiger partial charge is 0.399 e. The molecule has 2 aromatic carbocycles. The number of hydrogen-bond acceptors (Lipinski definition) is 2. The van der Waals surface area contributed by atoms with Crippen LogP contribution in [-0.4, -0.2) is 0 Å². The molecule has 0 saturated carbocycles. The predicted molar refractivity (Wildman–Crippen MR) is 69.3 cm³/mol. The van der Waals surface area contributed by atoms with E-state index in [0.717, 1.165) is 28.9 Å². The Hall–Kier alpha value is -1.96. The Kier molecular flexibility index (Phi) is 2.82. The summed E-state index contributed by atoms with van der Waals surface area (Å²) in [5.74, 6) is 0. The lowest BCUT2D eigenvalue weighted by Crippen LogP contribution is -2.02. The zero-order valence-corrected chi connectivity index (χ0v) is 9.40. The molecule has 0 amide bonds. The Morgan fingerprint density at radius 2 is 1.50 bits per heavy atom. The topological polar surface area (TPSA) is 52.0 Å². The van der Waals surface area contributed by atoms with Crippen LogP contribution in [0.1, 0.15) is 16.7 Å². The van der Waals surface area contributed by atoms with E-state index >= 15 is 0 Å². The summed E-state index contributed by atoms with van der Waals surface area (Å²) in [6.07, 6.45) is 0.837. The Morgan fingerprint density at radius 1 is 0.875 bits per heavy atom. The molecule has 82 valence electrons. The molecule has 2 nitrogen and oxygen atoms in total. The quantitative estimate of drug-likeness (QED) is 0.752. The lowest BCUT2D eigenvalue weighted by molar-refractivity contribution is 1.16. The van der Waals surface area contributed by atoms with Crippen LogP contribution in [-0.2, 0) is 6.42 Å². The molecule has 2 rings (SSSR count). The van der Waals surface area contributed by atoms with Gasteiger partial charge in [0.15, 0.2) is 0 Å². The first kappa shape index (κ1) is 10.6. The van der Waals surface area contributed by atoms with Crippen molar-refractivity contribution in [1.29, 1.82) is 0 Å². The van der Waals surface area contributed by atoms with E-state index < -0.39 is 0 Å². The lowest BCUT2D eigenvalue weighted by atomic mass is 9.98. The number of benzene rings is 2. The highest BCUT2D eigenvalue weighted by Crippen LogP contribution is 2.24. The monoisotopic (exact) mass is 212 g/mol. The first-order valence-corrected chi connectivity index (χ1v) is 5.36. The fraction of sp³-hybridized carbons (Fsp3) is 0.143. The van der Waals surface area contributed by atoms with E-state index in [1.165, 1.54) is 5.56 Å². The molecule has 0 aliphatic heterocycles. The van der Waals surface area contributed by atoms with Crippen LogP contribution in [0.3, 0.4) is 0 Å². The SMILES string of the molecule is Cc1c(N)ccc(N)c1Cc1ccccc1. The van der Waals surface area contributed by atoms with Gasteiger partial charge in [-0.3, -0.25) is 0 Å². The maximum atomic E-state index is 5.98. The van der Waals surface area contributed by atoms with E-state index in [9.17, 15) is 0 Å². The number of hydrogen-bond donors (Lipinski definition) is 2. The van der Waals surface area contributed by atoms with Crippen LogP contribution in [0.4, 0.5) is 11.4 Å². The summed E-state index contributed by atoms with van der Waals surface area (Å²) >= 11 is 0. The summed E-state index contributed by atoms with van der Waals surface area (Å²) in [7, 11) is 0. The van der Waals surface area contributed by atoms with Gasteiger partial charge in [-0.15, -0.1) is 0 Å². The minimum absolute atomic E-state index is 0.806. The van der Waals surface area contributed by atoms with Crippen molar-refractivity contribution >= 4 is 11.4 Å². The minimum atomic E-state index is 0.806.